The Morgan fingerprint density at radius 1 is 1.10 bits per heavy atom. The number of aromatic nitrogens is 3. The largest absolute Gasteiger partial charge is 0.403 e. The minimum absolute atomic E-state index is 0.0550. The van der Waals surface area contributed by atoms with Crippen LogP contribution in [0.15, 0.2) is 83.4 Å². The van der Waals surface area contributed by atoms with Crippen molar-refractivity contribution in [2.75, 3.05) is 18.4 Å². The molecule has 0 saturated carbocycles. The molecule has 1 aromatic carbocycles. The third-order valence-electron chi connectivity index (χ3n) is 3.97. The van der Waals surface area contributed by atoms with Gasteiger partial charge in [0.1, 0.15) is 0 Å². The summed E-state index contributed by atoms with van der Waals surface area (Å²) in [6.45, 7) is 7.43. The maximum Gasteiger partial charge on any atom is 0.322 e. The van der Waals surface area contributed by atoms with Gasteiger partial charge in [0.25, 0.3) is 11.8 Å². The molecule has 0 unspecified atom stereocenters. The number of anilines is 1. The summed E-state index contributed by atoms with van der Waals surface area (Å²) in [7, 11) is -3.74. The standard InChI is InChI=1S/C20H19N5O4S/c1-3-12-25(13-4-2)30(27,28)17-9-7-15(8-10-17)18(26)22-20-24-23-19(29-20)16-6-5-11-21-14-16/h3-11,14H,1-2,12-13H2,(H,22,24,26). The fourth-order valence-corrected chi connectivity index (χ4v) is 3.92. The fourth-order valence-electron chi connectivity index (χ4n) is 2.54. The van der Waals surface area contributed by atoms with E-state index < -0.39 is 15.9 Å². The molecule has 0 aliphatic heterocycles. The lowest BCUT2D eigenvalue weighted by Crippen LogP contribution is -2.31. The zero-order valence-corrected chi connectivity index (χ0v) is 16.7. The van der Waals surface area contributed by atoms with Gasteiger partial charge in [-0.15, -0.1) is 18.3 Å². The lowest BCUT2D eigenvalue weighted by molar-refractivity contribution is 0.102. The summed E-state index contributed by atoms with van der Waals surface area (Å²) in [6, 6.07) is 8.91. The molecule has 0 bridgehead atoms. The number of benzene rings is 1. The Hall–Kier alpha value is -3.63. The van der Waals surface area contributed by atoms with E-state index in [0.717, 1.165) is 0 Å². The molecule has 0 aliphatic rings. The van der Waals surface area contributed by atoms with E-state index in [4.69, 9.17) is 4.42 Å². The number of hydrogen-bond acceptors (Lipinski definition) is 7. The highest BCUT2D eigenvalue weighted by molar-refractivity contribution is 7.89. The van der Waals surface area contributed by atoms with Crippen molar-refractivity contribution in [1.82, 2.24) is 19.5 Å². The number of hydrogen-bond donors (Lipinski definition) is 1. The van der Waals surface area contributed by atoms with E-state index in [0.29, 0.717) is 5.56 Å². The molecule has 2 aromatic heterocycles. The molecule has 0 radical (unpaired) electrons. The van der Waals surface area contributed by atoms with E-state index in [-0.39, 0.29) is 35.5 Å². The van der Waals surface area contributed by atoms with Gasteiger partial charge < -0.3 is 4.42 Å². The van der Waals surface area contributed by atoms with Gasteiger partial charge in [-0.25, -0.2) is 8.42 Å². The van der Waals surface area contributed by atoms with Gasteiger partial charge in [0.05, 0.1) is 10.5 Å². The van der Waals surface area contributed by atoms with Gasteiger partial charge in [-0.2, -0.15) is 4.31 Å². The number of carbonyl (C=O) groups is 1. The average molecular weight is 425 g/mol. The van der Waals surface area contributed by atoms with Gasteiger partial charge in [-0.05, 0) is 36.4 Å². The number of amides is 1. The van der Waals surface area contributed by atoms with Gasteiger partial charge in [-0.1, -0.05) is 17.3 Å². The quantitative estimate of drug-likeness (QED) is 0.524. The molecule has 0 saturated heterocycles. The van der Waals surface area contributed by atoms with Crippen molar-refractivity contribution in [2.45, 2.75) is 4.90 Å². The van der Waals surface area contributed by atoms with Crippen LogP contribution in [0.4, 0.5) is 6.01 Å². The molecular formula is C20H19N5O4S. The second-order valence-corrected chi connectivity index (χ2v) is 7.97. The molecule has 1 N–H and O–H groups in total. The van der Waals surface area contributed by atoms with Crippen molar-refractivity contribution in [3.63, 3.8) is 0 Å². The minimum Gasteiger partial charge on any atom is -0.403 e. The summed E-state index contributed by atoms with van der Waals surface area (Å²) < 4.78 is 32.1. The van der Waals surface area contributed by atoms with Crippen LogP contribution in [0.2, 0.25) is 0 Å². The predicted molar refractivity (Wildman–Crippen MR) is 111 cm³/mol. The normalized spacial score (nSPS) is 11.2. The van der Waals surface area contributed by atoms with Crippen molar-refractivity contribution in [2.24, 2.45) is 0 Å². The van der Waals surface area contributed by atoms with Crippen molar-refractivity contribution in [3.8, 4) is 11.5 Å². The number of pyridine rings is 1. The Morgan fingerprint density at radius 2 is 1.80 bits per heavy atom. The van der Waals surface area contributed by atoms with Crippen LogP contribution in [0.25, 0.3) is 11.5 Å². The van der Waals surface area contributed by atoms with Gasteiger partial charge in [-0.3, -0.25) is 15.1 Å². The summed E-state index contributed by atoms with van der Waals surface area (Å²) >= 11 is 0. The van der Waals surface area contributed by atoms with E-state index in [1.165, 1.54) is 40.7 Å². The third kappa shape index (κ3) is 4.67. The highest BCUT2D eigenvalue weighted by Gasteiger charge is 2.23. The molecule has 2 heterocycles. The molecule has 0 fully saturated rings. The first-order valence-corrected chi connectivity index (χ1v) is 10.3. The van der Waals surface area contributed by atoms with Gasteiger partial charge >= 0.3 is 6.01 Å². The van der Waals surface area contributed by atoms with E-state index in [1.807, 2.05) is 0 Å². The van der Waals surface area contributed by atoms with E-state index >= 15 is 0 Å². The molecule has 3 aromatic rings. The number of sulfonamides is 1. The summed E-state index contributed by atoms with van der Waals surface area (Å²) in [4.78, 5) is 16.4. The van der Waals surface area contributed by atoms with E-state index in [1.54, 1.807) is 24.5 Å². The fraction of sp³-hybridized carbons (Fsp3) is 0.100. The molecular weight excluding hydrogens is 406 g/mol. The topological polar surface area (TPSA) is 118 Å². The van der Waals surface area contributed by atoms with Gasteiger partial charge in [0.15, 0.2) is 0 Å². The maximum atomic E-state index is 12.7. The molecule has 10 heteroatoms. The average Bonchev–Trinajstić information content (AvgIpc) is 3.23. The Balaban J connectivity index is 1.73. The van der Waals surface area contributed by atoms with Crippen LogP contribution in [0.1, 0.15) is 10.4 Å². The number of rotatable bonds is 9. The number of nitrogens with zero attached hydrogens (tertiary/aromatic N) is 4. The Bertz CT molecular complexity index is 1130. The Labute approximate surface area is 173 Å². The van der Waals surface area contributed by atoms with Crippen LogP contribution in [-0.4, -0.2) is 46.9 Å². The smallest absolute Gasteiger partial charge is 0.322 e. The first-order valence-electron chi connectivity index (χ1n) is 8.83. The van der Waals surface area contributed by atoms with Crippen LogP contribution >= 0.6 is 0 Å². The summed E-state index contributed by atoms with van der Waals surface area (Å²) in [5, 5.41) is 10.1. The lowest BCUT2D eigenvalue weighted by Gasteiger charge is -2.19. The van der Waals surface area contributed by atoms with E-state index in [2.05, 4.69) is 33.7 Å². The van der Waals surface area contributed by atoms with Gasteiger partial charge in [0.2, 0.25) is 10.0 Å². The zero-order chi connectivity index (χ0) is 21.6. The SMILES string of the molecule is C=CCN(CC=C)S(=O)(=O)c1ccc(C(=O)Nc2nnc(-c3cccnc3)o2)cc1. The number of carbonyl (C=O) groups excluding carboxylic acids is 1. The van der Waals surface area contributed by atoms with Crippen LogP contribution in [-0.2, 0) is 10.0 Å². The predicted octanol–water partition coefficient (Wildman–Crippen LogP) is 2.75. The first kappa shape index (κ1) is 21.1. The van der Waals surface area contributed by atoms with Crippen molar-refractivity contribution >= 4 is 21.9 Å². The Kier molecular flexibility index (Phi) is 6.50. The van der Waals surface area contributed by atoms with Crippen LogP contribution in [0, 0.1) is 0 Å². The van der Waals surface area contributed by atoms with Crippen LogP contribution < -0.4 is 5.32 Å². The number of nitrogens with one attached hydrogen (secondary N) is 1. The van der Waals surface area contributed by atoms with Crippen molar-refractivity contribution < 1.29 is 17.6 Å². The highest BCUT2D eigenvalue weighted by Crippen LogP contribution is 2.20. The first-order chi connectivity index (χ1) is 14.5. The second kappa shape index (κ2) is 9.25. The van der Waals surface area contributed by atoms with E-state index in [9.17, 15) is 13.2 Å². The van der Waals surface area contributed by atoms with Gasteiger partial charge in [0, 0.05) is 31.0 Å². The summed E-state index contributed by atoms with van der Waals surface area (Å²) in [5.41, 5.74) is 0.845. The van der Waals surface area contributed by atoms with Crippen molar-refractivity contribution in [3.05, 3.63) is 79.7 Å². The van der Waals surface area contributed by atoms with Crippen molar-refractivity contribution in [1.29, 1.82) is 0 Å². The molecule has 0 aliphatic carbocycles. The molecule has 0 atom stereocenters. The maximum absolute atomic E-state index is 12.7. The molecule has 3 rings (SSSR count). The van der Waals surface area contributed by atoms with Crippen LogP contribution in [0.5, 0.6) is 0 Å². The molecule has 0 spiro atoms. The zero-order valence-electron chi connectivity index (χ0n) is 15.9. The minimum atomic E-state index is -3.74. The Morgan fingerprint density at radius 3 is 2.40 bits per heavy atom. The summed E-state index contributed by atoms with van der Waals surface area (Å²) in [5.74, 6) is -0.307. The third-order valence-corrected chi connectivity index (χ3v) is 5.82. The lowest BCUT2D eigenvalue weighted by atomic mass is 10.2. The molecule has 154 valence electrons. The van der Waals surface area contributed by atoms with Crippen LogP contribution in [0.3, 0.4) is 0 Å². The second-order valence-electron chi connectivity index (χ2n) is 6.03. The highest BCUT2D eigenvalue weighted by atomic mass is 32.2. The monoisotopic (exact) mass is 425 g/mol. The summed E-state index contributed by atoms with van der Waals surface area (Å²) in [6.07, 6.45) is 6.15. The molecule has 9 nitrogen and oxygen atoms in total. The molecule has 1 amide bonds. The molecule has 30 heavy (non-hydrogen) atoms.